The van der Waals surface area contributed by atoms with Crippen LogP contribution in [-0.4, -0.2) is 35.2 Å². The van der Waals surface area contributed by atoms with E-state index in [2.05, 4.69) is 10.3 Å². The summed E-state index contributed by atoms with van der Waals surface area (Å²) in [6, 6.07) is 9.83. The molecule has 0 spiro atoms. The number of amides is 1. The quantitative estimate of drug-likeness (QED) is 0.593. The highest BCUT2D eigenvalue weighted by molar-refractivity contribution is 6.04. The number of halogens is 3. The molecule has 1 fully saturated rings. The molecule has 2 N–H and O–H groups in total. The Morgan fingerprint density at radius 3 is 2.62 bits per heavy atom. The molecule has 1 amide bonds. The second kappa shape index (κ2) is 9.04. The van der Waals surface area contributed by atoms with Crippen LogP contribution >= 0.6 is 0 Å². The average molecular weight is 445 g/mol. The Bertz CT molecular complexity index is 1080. The summed E-state index contributed by atoms with van der Waals surface area (Å²) in [5.41, 5.74) is 0.384. The lowest BCUT2D eigenvalue weighted by Gasteiger charge is -2.26. The van der Waals surface area contributed by atoms with E-state index in [4.69, 9.17) is 4.42 Å². The van der Waals surface area contributed by atoms with Crippen molar-refractivity contribution in [3.63, 3.8) is 0 Å². The summed E-state index contributed by atoms with van der Waals surface area (Å²) in [7, 11) is 0. The SMILES string of the molecule is O=C(Nc1cc(C(F)(F)F)ccc1N1CCCC(O)CC1)c1ccc(-c2ccncc2)o1. The smallest absolute Gasteiger partial charge is 0.416 e. The number of furan rings is 1. The van der Waals surface area contributed by atoms with Gasteiger partial charge in [0, 0.05) is 31.0 Å². The summed E-state index contributed by atoms with van der Waals surface area (Å²) >= 11 is 0. The minimum absolute atomic E-state index is 0.0218. The number of aromatic nitrogens is 1. The Morgan fingerprint density at radius 2 is 1.88 bits per heavy atom. The van der Waals surface area contributed by atoms with Crippen molar-refractivity contribution in [3.05, 3.63) is 66.2 Å². The van der Waals surface area contributed by atoms with E-state index in [9.17, 15) is 23.1 Å². The highest BCUT2D eigenvalue weighted by Crippen LogP contribution is 2.36. The Hall–Kier alpha value is -3.33. The lowest BCUT2D eigenvalue weighted by Crippen LogP contribution is -2.26. The first-order valence-corrected chi connectivity index (χ1v) is 10.3. The van der Waals surface area contributed by atoms with Gasteiger partial charge in [-0.25, -0.2) is 0 Å². The predicted molar refractivity (Wildman–Crippen MR) is 113 cm³/mol. The van der Waals surface area contributed by atoms with E-state index in [0.717, 1.165) is 17.7 Å². The standard InChI is InChI=1S/C23H22F3N3O3/c24-23(25,26)16-3-4-19(29-12-1-2-17(30)9-13-29)18(14-16)28-22(31)21-6-5-20(32-21)15-7-10-27-11-8-15/h3-8,10-11,14,17,30H,1-2,9,12-13H2,(H,28,31). The molecule has 3 heterocycles. The van der Waals surface area contributed by atoms with Gasteiger partial charge < -0.3 is 19.7 Å². The van der Waals surface area contributed by atoms with Crippen molar-refractivity contribution >= 4 is 17.3 Å². The first-order valence-electron chi connectivity index (χ1n) is 10.3. The molecule has 0 saturated carbocycles. The van der Waals surface area contributed by atoms with Gasteiger partial charge in [-0.1, -0.05) is 0 Å². The van der Waals surface area contributed by atoms with Crippen molar-refractivity contribution in [1.29, 1.82) is 0 Å². The molecule has 1 aliphatic heterocycles. The summed E-state index contributed by atoms with van der Waals surface area (Å²) in [5, 5.41) is 12.5. The summed E-state index contributed by atoms with van der Waals surface area (Å²) in [4.78, 5) is 18.6. The monoisotopic (exact) mass is 445 g/mol. The molecular weight excluding hydrogens is 423 g/mol. The lowest BCUT2D eigenvalue weighted by atomic mass is 10.1. The van der Waals surface area contributed by atoms with Gasteiger partial charge in [0.1, 0.15) is 5.76 Å². The topological polar surface area (TPSA) is 78.6 Å². The maximum absolute atomic E-state index is 13.3. The van der Waals surface area contributed by atoms with E-state index < -0.39 is 23.8 Å². The van der Waals surface area contributed by atoms with E-state index >= 15 is 0 Å². The van der Waals surface area contributed by atoms with Crippen LogP contribution in [0.2, 0.25) is 0 Å². The highest BCUT2D eigenvalue weighted by Gasteiger charge is 2.32. The van der Waals surface area contributed by atoms with Crippen molar-refractivity contribution in [2.45, 2.75) is 31.5 Å². The molecule has 0 bridgehead atoms. The molecule has 1 saturated heterocycles. The van der Waals surface area contributed by atoms with E-state index in [0.29, 0.717) is 43.8 Å². The number of nitrogens with one attached hydrogen (secondary N) is 1. The number of alkyl halides is 3. The highest BCUT2D eigenvalue weighted by atomic mass is 19.4. The first-order chi connectivity index (χ1) is 15.3. The summed E-state index contributed by atoms with van der Waals surface area (Å²) in [5.74, 6) is -0.226. The molecular formula is C23H22F3N3O3. The Balaban J connectivity index is 1.62. The van der Waals surface area contributed by atoms with Crippen molar-refractivity contribution in [1.82, 2.24) is 4.98 Å². The van der Waals surface area contributed by atoms with Crippen LogP contribution in [-0.2, 0) is 6.18 Å². The number of nitrogens with zero attached hydrogens (tertiary/aromatic N) is 2. The zero-order valence-electron chi connectivity index (χ0n) is 17.1. The van der Waals surface area contributed by atoms with E-state index in [1.165, 1.54) is 12.1 Å². The summed E-state index contributed by atoms with van der Waals surface area (Å²) < 4.78 is 45.6. The number of benzene rings is 1. The fourth-order valence-electron chi connectivity index (χ4n) is 3.72. The molecule has 0 aliphatic carbocycles. The van der Waals surface area contributed by atoms with Gasteiger partial charge in [0.2, 0.25) is 0 Å². The number of pyridine rings is 1. The number of carbonyl (C=O) groups is 1. The van der Waals surface area contributed by atoms with Crippen molar-refractivity contribution in [2.24, 2.45) is 0 Å². The zero-order chi connectivity index (χ0) is 22.7. The van der Waals surface area contributed by atoms with Crippen LogP contribution in [0.5, 0.6) is 0 Å². The second-order valence-corrected chi connectivity index (χ2v) is 7.66. The first kappa shape index (κ1) is 21.9. The Kier molecular flexibility index (Phi) is 6.18. The van der Waals surface area contributed by atoms with Crippen LogP contribution in [0.1, 0.15) is 35.4 Å². The van der Waals surface area contributed by atoms with Gasteiger partial charge in [-0.3, -0.25) is 9.78 Å². The number of hydrogen-bond donors (Lipinski definition) is 2. The molecule has 168 valence electrons. The molecule has 4 rings (SSSR count). The van der Waals surface area contributed by atoms with Gasteiger partial charge in [-0.15, -0.1) is 0 Å². The number of aliphatic hydroxyl groups excluding tert-OH is 1. The van der Waals surface area contributed by atoms with Crippen molar-refractivity contribution in [2.75, 3.05) is 23.3 Å². The zero-order valence-corrected chi connectivity index (χ0v) is 17.1. The summed E-state index contributed by atoms with van der Waals surface area (Å²) in [6.07, 6.45) is 0.0114. The molecule has 1 atom stereocenters. The Morgan fingerprint density at radius 1 is 1.09 bits per heavy atom. The van der Waals surface area contributed by atoms with Crippen LogP contribution in [0.15, 0.2) is 59.3 Å². The molecule has 3 aromatic rings. The molecule has 1 aliphatic rings. The summed E-state index contributed by atoms with van der Waals surface area (Å²) in [6.45, 7) is 1.04. The van der Waals surface area contributed by atoms with E-state index in [1.54, 1.807) is 30.6 Å². The van der Waals surface area contributed by atoms with Gasteiger partial charge in [-0.2, -0.15) is 13.2 Å². The van der Waals surface area contributed by atoms with Crippen LogP contribution in [0.4, 0.5) is 24.5 Å². The molecule has 0 radical (unpaired) electrons. The number of aliphatic hydroxyl groups is 1. The van der Waals surface area contributed by atoms with E-state index in [1.807, 2.05) is 4.90 Å². The fraction of sp³-hybridized carbons (Fsp3) is 0.304. The maximum atomic E-state index is 13.3. The molecule has 1 aromatic carbocycles. The van der Waals surface area contributed by atoms with E-state index in [-0.39, 0.29) is 11.4 Å². The minimum atomic E-state index is -4.55. The lowest BCUT2D eigenvalue weighted by molar-refractivity contribution is -0.137. The molecule has 6 nitrogen and oxygen atoms in total. The van der Waals surface area contributed by atoms with Gasteiger partial charge in [0.25, 0.3) is 5.91 Å². The largest absolute Gasteiger partial charge is 0.451 e. The molecule has 32 heavy (non-hydrogen) atoms. The van der Waals surface area contributed by atoms with Crippen molar-refractivity contribution < 1.29 is 27.5 Å². The van der Waals surface area contributed by atoms with Crippen LogP contribution < -0.4 is 10.2 Å². The van der Waals surface area contributed by atoms with Crippen LogP contribution in [0.3, 0.4) is 0 Å². The number of rotatable bonds is 4. The maximum Gasteiger partial charge on any atom is 0.416 e. The van der Waals surface area contributed by atoms with Gasteiger partial charge in [-0.05, 0) is 61.7 Å². The number of hydrogen-bond acceptors (Lipinski definition) is 5. The van der Waals surface area contributed by atoms with Gasteiger partial charge in [0.05, 0.1) is 23.0 Å². The number of anilines is 2. The van der Waals surface area contributed by atoms with Crippen LogP contribution in [0, 0.1) is 0 Å². The third-order valence-electron chi connectivity index (χ3n) is 5.41. The van der Waals surface area contributed by atoms with Gasteiger partial charge in [0.15, 0.2) is 5.76 Å². The number of carbonyl (C=O) groups excluding carboxylic acids is 1. The fourth-order valence-corrected chi connectivity index (χ4v) is 3.72. The Labute approximate surface area is 182 Å². The third kappa shape index (κ3) is 4.94. The predicted octanol–water partition coefficient (Wildman–Crippen LogP) is 4.96. The molecule has 2 aromatic heterocycles. The second-order valence-electron chi connectivity index (χ2n) is 7.66. The van der Waals surface area contributed by atoms with Gasteiger partial charge >= 0.3 is 6.18 Å². The third-order valence-corrected chi connectivity index (χ3v) is 5.41. The molecule has 1 unspecified atom stereocenters. The normalized spacial score (nSPS) is 17.1. The van der Waals surface area contributed by atoms with Crippen LogP contribution in [0.25, 0.3) is 11.3 Å². The molecule has 9 heteroatoms. The average Bonchev–Trinajstić information content (AvgIpc) is 3.17. The van der Waals surface area contributed by atoms with Crippen molar-refractivity contribution in [3.8, 4) is 11.3 Å². The minimum Gasteiger partial charge on any atom is -0.451 e.